The monoisotopic (exact) mass is 305 g/mol. The number of rotatable bonds is 4. The van der Waals surface area contributed by atoms with Crippen LogP contribution in [0.25, 0.3) is 0 Å². The van der Waals surface area contributed by atoms with Crippen LogP contribution in [0, 0.1) is 0 Å². The molecule has 0 aliphatic rings. The van der Waals surface area contributed by atoms with Crippen molar-refractivity contribution in [1.29, 1.82) is 0 Å². The zero-order chi connectivity index (χ0) is 13.0. The second-order valence-electron chi connectivity index (χ2n) is 4.21. The molecular formula is C15H16BrNO. The Morgan fingerprint density at radius 1 is 1.11 bits per heavy atom. The Morgan fingerprint density at radius 2 is 1.78 bits per heavy atom. The van der Waals surface area contributed by atoms with Gasteiger partial charge in [0.05, 0.1) is 0 Å². The molecule has 2 aromatic carbocycles. The van der Waals surface area contributed by atoms with Gasteiger partial charge in [-0.1, -0.05) is 52.3 Å². The summed E-state index contributed by atoms with van der Waals surface area (Å²) in [5.74, 6) is 0.850. The van der Waals surface area contributed by atoms with E-state index in [1.807, 2.05) is 55.5 Å². The molecule has 2 aromatic rings. The van der Waals surface area contributed by atoms with Gasteiger partial charge in [0.25, 0.3) is 0 Å². The maximum Gasteiger partial charge on any atom is 0.124 e. The topological polar surface area (TPSA) is 35.2 Å². The van der Waals surface area contributed by atoms with Crippen LogP contribution in [0.3, 0.4) is 0 Å². The van der Waals surface area contributed by atoms with Gasteiger partial charge in [0.2, 0.25) is 0 Å². The van der Waals surface area contributed by atoms with E-state index in [9.17, 15) is 0 Å². The summed E-state index contributed by atoms with van der Waals surface area (Å²) in [7, 11) is 0. The highest BCUT2D eigenvalue weighted by atomic mass is 79.9. The molecule has 0 fully saturated rings. The van der Waals surface area contributed by atoms with Gasteiger partial charge in [-0.05, 0) is 19.1 Å². The van der Waals surface area contributed by atoms with Crippen molar-refractivity contribution in [3.8, 4) is 5.75 Å². The van der Waals surface area contributed by atoms with E-state index >= 15 is 0 Å². The van der Waals surface area contributed by atoms with Crippen LogP contribution in [-0.2, 0) is 6.61 Å². The number of nitrogens with two attached hydrogens (primary N) is 1. The van der Waals surface area contributed by atoms with Gasteiger partial charge < -0.3 is 10.5 Å². The Balaban J connectivity index is 2.14. The first-order valence-corrected chi connectivity index (χ1v) is 6.68. The van der Waals surface area contributed by atoms with E-state index in [1.54, 1.807) is 0 Å². The molecule has 0 spiro atoms. The van der Waals surface area contributed by atoms with E-state index in [-0.39, 0.29) is 6.04 Å². The number of para-hydroxylation sites is 1. The van der Waals surface area contributed by atoms with Crippen LogP contribution < -0.4 is 10.5 Å². The smallest absolute Gasteiger partial charge is 0.124 e. The first-order chi connectivity index (χ1) is 8.68. The first-order valence-electron chi connectivity index (χ1n) is 5.89. The summed E-state index contributed by atoms with van der Waals surface area (Å²) in [6, 6.07) is 15.9. The number of ether oxygens (including phenoxy) is 1. The largest absolute Gasteiger partial charge is 0.489 e. The molecule has 0 heterocycles. The van der Waals surface area contributed by atoms with E-state index < -0.39 is 0 Å². The van der Waals surface area contributed by atoms with Gasteiger partial charge in [-0.2, -0.15) is 0 Å². The molecule has 94 valence electrons. The van der Waals surface area contributed by atoms with Crippen molar-refractivity contribution >= 4 is 15.9 Å². The summed E-state index contributed by atoms with van der Waals surface area (Å²) in [6.07, 6.45) is 0. The van der Waals surface area contributed by atoms with Crippen molar-refractivity contribution in [2.24, 2.45) is 5.73 Å². The van der Waals surface area contributed by atoms with Gasteiger partial charge >= 0.3 is 0 Å². The second kappa shape index (κ2) is 6.03. The van der Waals surface area contributed by atoms with Crippen molar-refractivity contribution in [2.75, 3.05) is 0 Å². The third-order valence-electron chi connectivity index (χ3n) is 2.75. The van der Waals surface area contributed by atoms with Crippen molar-refractivity contribution < 1.29 is 4.74 Å². The van der Waals surface area contributed by atoms with Gasteiger partial charge in [-0.15, -0.1) is 0 Å². The maximum absolute atomic E-state index is 5.92. The lowest BCUT2D eigenvalue weighted by Gasteiger charge is -2.14. The lowest BCUT2D eigenvalue weighted by atomic mass is 10.1. The zero-order valence-electron chi connectivity index (χ0n) is 10.3. The van der Waals surface area contributed by atoms with Crippen LogP contribution in [0.15, 0.2) is 53.0 Å². The molecule has 0 amide bonds. The van der Waals surface area contributed by atoms with Crippen LogP contribution in [0.1, 0.15) is 24.1 Å². The van der Waals surface area contributed by atoms with E-state index in [4.69, 9.17) is 10.5 Å². The van der Waals surface area contributed by atoms with Crippen molar-refractivity contribution in [3.63, 3.8) is 0 Å². The summed E-state index contributed by atoms with van der Waals surface area (Å²) < 4.78 is 6.91. The minimum Gasteiger partial charge on any atom is -0.489 e. The third kappa shape index (κ3) is 3.12. The number of halogens is 1. The predicted molar refractivity (Wildman–Crippen MR) is 77.5 cm³/mol. The minimum absolute atomic E-state index is 0.0274. The standard InChI is InChI=1S/C15H16BrNO/c1-11(17)13-7-3-5-9-15(13)18-10-12-6-2-4-8-14(12)16/h2-9,11H,10,17H2,1H3/t11-/m1/s1. The van der Waals surface area contributed by atoms with E-state index in [0.29, 0.717) is 6.61 Å². The summed E-state index contributed by atoms with van der Waals surface area (Å²) in [4.78, 5) is 0. The van der Waals surface area contributed by atoms with Gasteiger partial charge in [0.1, 0.15) is 12.4 Å². The lowest BCUT2D eigenvalue weighted by molar-refractivity contribution is 0.301. The molecule has 2 N–H and O–H groups in total. The summed E-state index contributed by atoms with van der Waals surface area (Å²) in [5, 5.41) is 0. The highest BCUT2D eigenvalue weighted by Gasteiger charge is 2.07. The van der Waals surface area contributed by atoms with E-state index in [1.165, 1.54) is 0 Å². The second-order valence-corrected chi connectivity index (χ2v) is 5.06. The highest BCUT2D eigenvalue weighted by Crippen LogP contribution is 2.25. The van der Waals surface area contributed by atoms with Crippen molar-refractivity contribution in [1.82, 2.24) is 0 Å². The maximum atomic E-state index is 5.92. The summed E-state index contributed by atoms with van der Waals surface area (Å²) in [6.45, 7) is 2.49. The van der Waals surface area contributed by atoms with Crippen LogP contribution in [0.5, 0.6) is 5.75 Å². The van der Waals surface area contributed by atoms with Gasteiger partial charge in [-0.25, -0.2) is 0 Å². The predicted octanol–water partition coefficient (Wildman–Crippen LogP) is 4.05. The molecule has 0 aliphatic heterocycles. The van der Waals surface area contributed by atoms with Crippen molar-refractivity contribution in [2.45, 2.75) is 19.6 Å². The Kier molecular flexibility index (Phi) is 4.39. The molecule has 2 nitrogen and oxygen atoms in total. The van der Waals surface area contributed by atoms with Crippen molar-refractivity contribution in [3.05, 3.63) is 64.1 Å². The van der Waals surface area contributed by atoms with Crippen LogP contribution in [-0.4, -0.2) is 0 Å². The number of hydrogen-bond acceptors (Lipinski definition) is 2. The van der Waals surface area contributed by atoms with E-state index in [0.717, 1.165) is 21.3 Å². The molecule has 2 rings (SSSR count). The Bertz CT molecular complexity index is 525. The van der Waals surface area contributed by atoms with Crippen LogP contribution in [0.2, 0.25) is 0 Å². The fraction of sp³-hybridized carbons (Fsp3) is 0.200. The van der Waals surface area contributed by atoms with Gasteiger partial charge in [-0.3, -0.25) is 0 Å². The highest BCUT2D eigenvalue weighted by molar-refractivity contribution is 9.10. The molecular weight excluding hydrogens is 290 g/mol. The fourth-order valence-electron chi connectivity index (χ4n) is 1.76. The molecule has 0 saturated heterocycles. The Labute approximate surface area is 116 Å². The lowest BCUT2D eigenvalue weighted by Crippen LogP contribution is -2.08. The average Bonchev–Trinajstić information content (AvgIpc) is 2.38. The fourth-order valence-corrected chi connectivity index (χ4v) is 2.16. The third-order valence-corrected chi connectivity index (χ3v) is 3.52. The normalized spacial score (nSPS) is 12.2. The molecule has 0 saturated carbocycles. The first kappa shape index (κ1) is 13.1. The molecule has 0 bridgehead atoms. The molecule has 0 radical (unpaired) electrons. The quantitative estimate of drug-likeness (QED) is 0.925. The SMILES string of the molecule is C[C@@H](N)c1ccccc1OCc1ccccc1Br. The molecule has 0 aliphatic carbocycles. The van der Waals surface area contributed by atoms with Crippen LogP contribution >= 0.6 is 15.9 Å². The molecule has 0 aromatic heterocycles. The summed E-state index contributed by atoms with van der Waals surface area (Å²) in [5.41, 5.74) is 8.08. The van der Waals surface area contributed by atoms with Crippen LogP contribution in [0.4, 0.5) is 0 Å². The molecule has 18 heavy (non-hydrogen) atoms. The summed E-state index contributed by atoms with van der Waals surface area (Å²) >= 11 is 3.51. The molecule has 0 unspecified atom stereocenters. The zero-order valence-corrected chi connectivity index (χ0v) is 11.9. The molecule has 1 atom stereocenters. The Morgan fingerprint density at radius 3 is 2.50 bits per heavy atom. The average molecular weight is 306 g/mol. The van der Waals surface area contributed by atoms with Gasteiger partial charge in [0.15, 0.2) is 0 Å². The molecule has 3 heteroatoms. The minimum atomic E-state index is -0.0274. The van der Waals surface area contributed by atoms with E-state index in [2.05, 4.69) is 15.9 Å². The Hall–Kier alpha value is -1.32. The number of benzene rings is 2. The number of hydrogen-bond donors (Lipinski definition) is 1. The van der Waals surface area contributed by atoms with Gasteiger partial charge in [0, 0.05) is 21.6 Å².